The van der Waals surface area contributed by atoms with E-state index in [2.05, 4.69) is 181 Å². The molecule has 0 aliphatic heterocycles. The minimum atomic E-state index is 1.13. The van der Waals surface area contributed by atoms with Gasteiger partial charge in [0.15, 0.2) is 0 Å². The molecule has 1 nitrogen and oxygen atoms in total. The first-order chi connectivity index (χ1) is 23.8. The van der Waals surface area contributed by atoms with Gasteiger partial charge in [-0.15, -0.1) is 11.3 Å². The van der Waals surface area contributed by atoms with E-state index in [1.807, 2.05) is 11.3 Å². The maximum absolute atomic E-state index is 2.46. The molecular formula is C46H29NS. The van der Waals surface area contributed by atoms with Gasteiger partial charge in [0.05, 0.1) is 5.69 Å². The summed E-state index contributed by atoms with van der Waals surface area (Å²) in [7, 11) is 0. The van der Waals surface area contributed by atoms with Crippen LogP contribution < -0.4 is 4.90 Å². The number of hydrogen-bond donors (Lipinski definition) is 0. The van der Waals surface area contributed by atoms with Crippen LogP contribution in [0.15, 0.2) is 176 Å². The van der Waals surface area contributed by atoms with Crippen molar-refractivity contribution in [1.82, 2.24) is 0 Å². The molecular weight excluding hydrogens is 599 g/mol. The Hall–Kier alpha value is -5.96. The van der Waals surface area contributed by atoms with Crippen LogP contribution in [0, 0.1) is 0 Å². The Morgan fingerprint density at radius 3 is 1.83 bits per heavy atom. The molecule has 0 fully saturated rings. The highest BCUT2D eigenvalue weighted by Crippen LogP contribution is 2.46. The molecule has 0 saturated heterocycles. The Bertz CT molecular complexity index is 2850. The number of anilines is 3. The second-order valence-corrected chi connectivity index (χ2v) is 13.6. The highest BCUT2D eigenvalue weighted by atomic mass is 32.1. The zero-order valence-corrected chi connectivity index (χ0v) is 26.9. The summed E-state index contributed by atoms with van der Waals surface area (Å²) < 4.78 is 2.64. The number of hydrogen-bond acceptors (Lipinski definition) is 2. The van der Waals surface area contributed by atoms with Crippen molar-refractivity contribution in [3.63, 3.8) is 0 Å². The summed E-state index contributed by atoms with van der Waals surface area (Å²) in [5.74, 6) is 0. The fraction of sp³-hybridized carbons (Fsp3) is 0. The van der Waals surface area contributed by atoms with Crippen molar-refractivity contribution in [3.8, 4) is 11.1 Å². The topological polar surface area (TPSA) is 3.24 Å². The Morgan fingerprint density at radius 1 is 0.354 bits per heavy atom. The smallest absolute Gasteiger partial charge is 0.0546 e. The van der Waals surface area contributed by atoms with E-state index in [0.29, 0.717) is 0 Å². The number of thiophene rings is 1. The summed E-state index contributed by atoms with van der Waals surface area (Å²) in [5.41, 5.74) is 5.86. The van der Waals surface area contributed by atoms with Crippen LogP contribution >= 0.6 is 11.3 Å². The normalized spacial score (nSPS) is 11.8. The molecule has 1 heterocycles. The molecule has 0 spiro atoms. The molecule has 0 aliphatic rings. The largest absolute Gasteiger partial charge is 0.310 e. The van der Waals surface area contributed by atoms with Crippen LogP contribution in [0.25, 0.3) is 74.4 Å². The third-order valence-corrected chi connectivity index (χ3v) is 11.0. The van der Waals surface area contributed by atoms with Crippen LogP contribution in [-0.2, 0) is 0 Å². The highest BCUT2D eigenvalue weighted by Gasteiger charge is 2.20. The fourth-order valence-corrected chi connectivity index (χ4v) is 8.83. The summed E-state index contributed by atoms with van der Waals surface area (Å²) in [5, 5.41) is 12.8. The molecule has 1 aromatic heterocycles. The van der Waals surface area contributed by atoms with Crippen molar-refractivity contribution in [1.29, 1.82) is 0 Å². The third kappa shape index (κ3) is 4.24. The average Bonchev–Trinajstić information content (AvgIpc) is 3.54. The van der Waals surface area contributed by atoms with Crippen molar-refractivity contribution >= 4 is 91.7 Å². The summed E-state index contributed by atoms with van der Waals surface area (Å²) in [6, 6.07) is 64.5. The lowest BCUT2D eigenvalue weighted by molar-refractivity contribution is 1.31. The molecule has 224 valence electrons. The number of rotatable bonds is 4. The second kappa shape index (κ2) is 10.8. The van der Waals surface area contributed by atoms with Gasteiger partial charge in [0.2, 0.25) is 0 Å². The molecule has 9 aromatic carbocycles. The number of benzene rings is 9. The van der Waals surface area contributed by atoms with Crippen molar-refractivity contribution in [2.45, 2.75) is 0 Å². The molecule has 0 unspecified atom stereocenters. The maximum Gasteiger partial charge on any atom is 0.0546 e. The molecule has 2 heteroatoms. The van der Waals surface area contributed by atoms with Crippen molar-refractivity contribution in [3.05, 3.63) is 176 Å². The Labute approximate surface area is 282 Å². The van der Waals surface area contributed by atoms with Crippen LogP contribution in [0.3, 0.4) is 0 Å². The molecule has 10 rings (SSSR count). The lowest BCUT2D eigenvalue weighted by Gasteiger charge is -2.28. The monoisotopic (exact) mass is 627 g/mol. The molecule has 0 radical (unpaired) electrons. The molecule has 10 aromatic rings. The predicted molar refractivity (Wildman–Crippen MR) is 209 cm³/mol. The summed E-state index contributed by atoms with van der Waals surface area (Å²) >= 11 is 1.89. The number of fused-ring (bicyclic) bond motifs is 10. The lowest BCUT2D eigenvalue weighted by Crippen LogP contribution is -2.10. The predicted octanol–water partition coefficient (Wildman–Crippen LogP) is 13.8. The second-order valence-electron chi connectivity index (χ2n) is 12.5. The SMILES string of the molecule is c1ccc(-c2cccc(N(c3ccc4c(c3)sc3c5ccccc5ccc43)c3cc4ccc5ccccc5c4c4ccccc34)c2)cc1. The lowest BCUT2D eigenvalue weighted by atomic mass is 9.94. The molecule has 0 N–H and O–H groups in total. The van der Waals surface area contributed by atoms with E-state index in [1.54, 1.807) is 0 Å². The quantitative estimate of drug-likeness (QED) is 0.176. The molecule has 48 heavy (non-hydrogen) atoms. The van der Waals surface area contributed by atoms with Crippen molar-refractivity contribution in [2.75, 3.05) is 4.90 Å². The highest BCUT2D eigenvalue weighted by molar-refractivity contribution is 7.26. The molecule has 0 aliphatic carbocycles. The van der Waals surface area contributed by atoms with Gasteiger partial charge in [-0.3, -0.25) is 0 Å². The van der Waals surface area contributed by atoms with Gasteiger partial charge in [-0.05, 0) is 79.2 Å². The van der Waals surface area contributed by atoms with Gasteiger partial charge in [-0.1, -0.05) is 146 Å². The van der Waals surface area contributed by atoms with E-state index in [9.17, 15) is 0 Å². The molecule has 0 saturated carbocycles. The van der Waals surface area contributed by atoms with E-state index >= 15 is 0 Å². The van der Waals surface area contributed by atoms with Gasteiger partial charge in [0, 0.05) is 36.9 Å². The molecule has 0 atom stereocenters. The molecule has 0 amide bonds. The van der Waals surface area contributed by atoms with E-state index in [0.717, 1.165) is 11.4 Å². The van der Waals surface area contributed by atoms with E-state index < -0.39 is 0 Å². The van der Waals surface area contributed by atoms with E-state index in [1.165, 1.54) is 80.1 Å². The standard InChI is InChI=1S/C46H29NS/c1-2-11-30(12-3-1)33-15-10-16-35(27-33)47(36-24-26-40-42-25-23-32-14-5-7-18-38(32)46(42)48-44(40)29-36)43-28-34-22-21-31-13-4-6-17-37(31)45(34)41-20-9-8-19-39(41)43/h1-29H. The van der Waals surface area contributed by atoms with Gasteiger partial charge >= 0.3 is 0 Å². The zero-order chi connectivity index (χ0) is 31.6. The first-order valence-electron chi connectivity index (χ1n) is 16.4. The minimum absolute atomic E-state index is 1.13. The van der Waals surface area contributed by atoms with E-state index in [4.69, 9.17) is 0 Å². The first-order valence-corrected chi connectivity index (χ1v) is 17.2. The van der Waals surface area contributed by atoms with Crippen LogP contribution in [0.1, 0.15) is 0 Å². The van der Waals surface area contributed by atoms with Gasteiger partial charge in [0.25, 0.3) is 0 Å². The van der Waals surface area contributed by atoms with Crippen LogP contribution in [-0.4, -0.2) is 0 Å². The summed E-state index contributed by atoms with van der Waals surface area (Å²) in [6.45, 7) is 0. The van der Waals surface area contributed by atoms with Crippen LogP contribution in [0.4, 0.5) is 17.1 Å². The number of nitrogens with zero attached hydrogens (tertiary/aromatic N) is 1. The summed E-state index contributed by atoms with van der Waals surface area (Å²) in [6.07, 6.45) is 0. The Morgan fingerprint density at radius 2 is 0.979 bits per heavy atom. The van der Waals surface area contributed by atoms with Crippen LogP contribution in [0.5, 0.6) is 0 Å². The zero-order valence-electron chi connectivity index (χ0n) is 26.1. The third-order valence-electron chi connectivity index (χ3n) is 9.78. The van der Waals surface area contributed by atoms with Gasteiger partial charge in [-0.2, -0.15) is 0 Å². The maximum atomic E-state index is 2.46. The molecule has 0 bridgehead atoms. The van der Waals surface area contributed by atoms with Crippen molar-refractivity contribution in [2.24, 2.45) is 0 Å². The Balaban J connectivity index is 1.27. The van der Waals surface area contributed by atoms with E-state index in [-0.39, 0.29) is 0 Å². The Kier molecular flexibility index (Phi) is 6.12. The van der Waals surface area contributed by atoms with Gasteiger partial charge in [-0.25, -0.2) is 0 Å². The fourth-order valence-electron chi connectivity index (χ4n) is 7.56. The minimum Gasteiger partial charge on any atom is -0.310 e. The van der Waals surface area contributed by atoms with Gasteiger partial charge < -0.3 is 4.90 Å². The average molecular weight is 628 g/mol. The van der Waals surface area contributed by atoms with Crippen molar-refractivity contribution < 1.29 is 0 Å². The van der Waals surface area contributed by atoms with Gasteiger partial charge in [0.1, 0.15) is 0 Å². The first kappa shape index (κ1) is 27.2. The summed E-state index contributed by atoms with van der Waals surface area (Å²) in [4.78, 5) is 2.46. The van der Waals surface area contributed by atoms with Crippen LogP contribution in [0.2, 0.25) is 0 Å².